The van der Waals surface area contributed by atoms with Crippen LogP contribution in [0.15, 0.2) is 79.5 Å². The molecule has 4 aromatic rings. The first kappa shape index (κ1) is 26.1. The Morgan fingerprint density at radius 3 is 2.19 bits per heavy atom. The Kier molecular flexibility index (Phi) is 8.27. The summed E-state index contributed by atoms with van der Waals surface area (Å²) in [5.41, 5.74) is 1.39. The molecule has 3 heterocycles. The van der Waals surface area contributed by atoms with E-state index in [1.807, 2.05) is 26.2 Å². The SMILES string of the molecule is CC(C)(C)[Si](OC[C@@H]1CO[C@H](n2cnc3cncnc32)O1)(c1ccccc1)c1ccccc1.CNC. The largest absolute Gasteiger partial charge is 0.405 e. The van der Waals surface area contributed by atoms with Crippen LogP contribution in [0.3, 0.4) is 0 Å². The van der Waals surface area contributed by atoms with Gasteiger partial charge in [-0.25, -0.2) is 15.0 Å². The normalized spacial score (nSPS) is 18.1. The van der Waals surface area contributed by atoms with E-state index in [-0.39, 0.29) is 11.1 Å². The van der Waals surface area contributed by atoms with E-state index in [2.05, 4.69) is 89.6 Å². The lowest BCUT2D eigenvalue weighted by atomic mass is 10.2. The van der Waals surface area contributed by atoms with Crippen molar-refractivity contribution in [3.63, 3.8) is 0 Å². The van der Waals surface area contributed by atoms with Gasteiger partial charge in [0, 0.05) is 0 Å². The number of hydrogen-bond donors (Lipinski definition) is 1. The molecule has 0 radical (unpaired) electrons. The molecule has 1 fully saturated rings. The smallest absolute Gasteiger partial charge is 0.261 e. The molecule has 8 nitrogen and oxygen atoms in total. The summed E-state index contributed by atoms with van der Waals surface area (Å²) in [7, 11) is 1.13. The highest BCUT2D eigenvalue weighted by molar-refractivity contribution is 6.99. The zero-order chi connectivity index (χ0) is 25.6. The standard InChI is InChI=1S/C25H28N4O3Si.C2H7N/c1-25(2,3)33(20-10-6-4-7-11-20,21-12-8-5-9-13-21)31-16-19-15-30-24(32-19)29-18-28-22-14-26-17-27-23(22)29;1-3-2/h4-14,17-19,24H,15-16H2,1-3H3;3H,1-2H3/t19-,24-;/m0./s1. The first-order valence-electron chi connectivity index (χ1n) is 12.1. The number of nitrogens with zero attached hydrogens (tertiary/aromatic N) is 4. The molecule has 0 unspecified atom stereocenters. The Bertz CT molecular complexity index is 1190. The second-order valence-corrected chi connectivity index (χ2v) is 14.1. The second-order valence-electron chi connectivity index (χ2n) is 9.76. The van der Waals surface area contributed by atoms with Crippen molar-refractivity contribution in [1.82, 2.24) is 24.8 Å². The van der Waals surface area contributed by atoms with E-state index in [1.165, 1.54) is 16.7 Å². The Labute approximate surface area is 213 Å². The summed E-state index contributed by atoms with van der Waals surface area (Å²) < 4.78 is 21.0. The number of aromatic nitrogens is 4. The van der Waals surface area contributed by atoms with Crippen LogP contribution >= 0.6 is 0 Å². The molecule has 1 aliphatic rings. The van der Waals surface area contributed by atoms with Crippen LogP contribution < -0.4 is 15.7 Å². The summed E-state index contributed by atoms with van der Waals surface area (Å²) in [6.07, 6.45) is 4.07. The van der Waals surface area contributed by atoms with E-state index in [0.717, 1.165) is 0 Å². The van der Waals surface area contributed by atoms with Crippen LogP contribution in [-0.4, -0.2) is 61.2 Å². The predicted octanol–water partition coefficient (Wildman–Crippen LogP) is 3.11. The molecule has 36 heavy (non-hydrogen) atoms. The van der Waals surface area contributed by atoms with E-state index < -0.39 is 14.7 Å². The lowest BCUT2D eigenvalue weighted by Gasteiger charge is -2.43. The van der Waals surface area contributed by atoms with E-state index >= 15 is 0 Å². The summed E-state index contributed by atoms with van der Waals surface area (Å²) in [6, 6.07) is 21.2. The lowest BCUT2D eigenvalue weighted by molar-refractivity contribution is -0.116. The molecule has 1 N–H and O–H groups in total. The van der Waals surface area contributed by atoms with Crippen molar-refractivity contribution >= 4 is 29.9 Å². The number of fused-ring (bicyclic) bond motifs is 1. The fraction of sp³-hybridized carbons (Fsp3) is 0.370. The highest BCUT2D eigenvalue weighted by Crippen LogP contribution is 2.37. The molecule has 190 valence electrons. The maximum absolute atomic E-state index is 6.99. The van der Waals surface area contributed by atoms with Crippen molar-refractivity contribution < 1.29 is 13.9 Å². The minimum absolute atomic E-state index is 0.0912. The summed E-state index contributed by atoms with van der Waals surface area (Å²) in [6.45, 7) is 7.68. The van der Waals surface area contributed by atoms with E-state index in [9.17, 15) is 0 Å². The van der Waals surface area contributed by atoms with Gasteiger partial charge in [0.05, 0.1) is 19.4 Å². The molecule has 0 bridgehead atoms. The number of rotatable bonds is 6. The van der Waals surface area contributed by atoms with Gasteiger partial charge in [-0.2, -0.15) is 0 Å². The molecule has 1 saturated heterocycles. The van der Waals surface area contributed by atoms with Gasteiger partial charge in [-0.1, -0.05) is 81.4 Å². The molecule has 2 atom stereocenters. The minimum atomic E-state index is -2.62. The molecular formula is C27H35N5O3Si. The van der Waals surface area contributed by atoms with Crippen molar-refractivity contribution in [3.05, 3.63) is 79.5 Å². The molecule has 5 rings (SSSR count). The highest BCUT2D eigenvalue weighted by Gasteiger charge is 2.50. The Balaban J connectivity index is 0.000000967. The average Bonchev–Trinajstić information content (AvgIpc) is 3.52. The number of hydrogen-bond acceptors (Lipinski definition) is 7. The zero-order valence-electron chi connectivity index (χ0n) is 21.6. The van der Waals surface area contributed by atoms with Gasteiger partial charge in [-0.15, -0.1) is 0 Å². The van der Waals surface area contributed by atoms with Crippen molar-refractivity contribution in [2.24, 2.45) is 0 Å². The quantitative estimate of drug-likeness (QED) is 0.403. The van der Waals surface area contributed by atoms with E-state index in [0.29, 0.717) is 24.4 Å². The third-order valence-electron chi connectivity index (χ3n) is 6.10. The van der Waals surface area contributed by atoms with Gasteiger partial charge in [-0.05, 0) is 29.5 Å². The molecule has 9 heteroatoms. The summed E-state index contributed by atoms with van der Waals surface area (Å²) in [4.78, 5) is 12.7. The third kappa shape index (κ3) is 5.25. The third-order valence-corrected chi connectivity index (χ3v) is 11.1. The maximum atomic E-state index is 6.99. The van der Waals surface area contributed by atoms with Crippen molar-refractivity contribution in [3.8, 4) is 0 Å². The summed E-state index contributed by atoms with van der Waals surface area (Å²) in [5.74, 6) is 0. The highest BCUT2D eigenvalue weighted by atomic mass is 28.4. The van der Waals surface area contributed by atoms with Crippen LogP contribution in [0.1, 0.15) is 27.2 Å². The number of imidazole rings is 1. The molecule has 0 saturated carbocycles. The van der Waals surface area contributed by atoms with Crippen LogP contribution in [-0.2, 0) is 13.9 Å². The van der Waals surface area contributed by atoms with Gasteiger partial charge < -0.3 is 19.2 Å². The van der Waals surface area contributed by atoms with Crippen LogP contribution in [0, 0.1) is 0 Å². The van der Waals surface area contributed by atoms with Gasteiger partial charge >= 0.3 is 0 Å². The van der Waals surface area contributed by atoms with Gasteiger partial charge in [-0.3, -0.25) is 4.57 Å². The maximum Gasteiger partial charge on any atom is 0.261 e. The number of ether oxygens (including phenoxy) is 2. The van der Waals surface area contributed by atoms with Gasteiger partial charge in [0.2, 0.25) is 6.41 Å². The Hall–Kier alpha value is -2.95. The van der Waals surface area contributed by atoms with Crippen LogP contribution in [0.5, 0.6) is 0 Å². The first-order valence-corrected chi connectivity index (χ1v) is 14.0. The molecule has 0 spiro atoms. The molecule has 0 amide bonds. The fourth-order valence-electron chi connectivity index (χ4n) is 4.58. The number of benzene rings is 2. The molecule has 1 aliphatic heterocycles. The van der Waals surface area contributed by atoms with Crippen LogP contribution in [0.4, 0.5) is 0 Å². The average molecular weight is 506 g/mol. The van der Waals surface area contributed by atoms with E-state index in [4.69, 9.17) is 13.9 Å². The zero-order valence-corrected chi connectivity index (χ0v) is 22.6. The van der Waals surface area contributed by atoms with Gasteiger partial charge in [0.15, 0.2) is 5.65 Å². The fourth-order valence-corrected chi connectivity index (χ4v) is 9.18. The molecular weight excluding hydrogens is 470 g/mol. The van der Waals surface area contributed by atoms with Crippen LogP contribution in [0.25, 0.3) is 11.2 Å². The van der Waals surface area contributed by atoms with E-state index in [1.54, 1.807) is 17.1 Å². The summed E-state index contributed by atoms with van der Waals surface area (Å²) in [5, 5.41) is 5.15. The lowest BCUT2D eigenvalue weighted by Crippen LogP contribution is -2.67. The Morgan fingerprint density at radius 1 is 1.00 bits per heavy atom. The molecule has 2 aromatic heterocycles. The molecule has 0 aliphatic carbocycles. The predicted molar refractivity (Wildman–Crippen MR) is 144 cm³/mol. The van der Waals surface area contributed by atoms with Gasteiger partial charge in [0.1, 0.15) is 24.3 Å². The minimum Gasteiger partial charge on any atom is -0.405 e. The monoisotopic (exact) mass is 505 g/mol. The number of nitrogens with one attached hydrogen (secondary N) is 1. The topological polar surface area (TPSA) is 83.3 Å². The Morgan fingerprint density at radius 2 is 1.61 bits per heavy atom. The first-order chi connectivity index (χ1) is 17.4. The molecule has 2 aromatic carbocycles. The second kappa shape index (κ2) is 11.4. The van der Waals surface area contributed by atoms with Crippen molar-refractivity contribution in [2.75, 3.05) is 27.3 Å². The van der Waals surface area contributed by atoms with Crippen LogP contribution in [0.2, 0.25) is 5.04 Å². The van der Waals surface area contributed by atoms with Gasteiger partial charge in [0.25, 0.3) is 8.32 Å². The summed E-state index contributed by atoms with van der Waals surface area (Å²) >= 11 is 0. The van der Waals surface area contributed by atoms with Crippen molar-refractivity contribution in [1.29, 1.82) is 0 Å². The van der Waals surface area contributed by atoms with Crippen molar-refractivity contribution in [2.45, 2.75) is 38.3 Å².